The molecule has 0 spiro atoms. The van der Waals surface area contributed by atoms with E-state index >= 15 is 0 Å². The van der Waals surface area contributed by atoms with Crippen LogP contribution in [0.2, 0.25) is 0 Å². The van der Waals surface area contributed by atoms with Crippen LogP contribution in [0.5, 0.6) is 5.75 Å². The van der Waals surface area contributed by atoms with E-state index in [9.17, 15) is 4.79 Å². The molecule has 1 aliphatic heterocycles. The zero-order valence-corrected chi connectivity index (χ0v) is 14.8. The predicted molar refractivity (Wildman–Crippen MR) is 101 cm³/mol. The molecule has 1 aliphatic rings. The number of carbonyl (C=O) groups excluding carboxylic acids is 1. The monoisotopic (exact) mass is 338 g/mol. The highest BCUT2D eigenvalue weighted by atomic mass is 16.5. The molecule has 1 atom stereocenters. The fourth-order valence-electron chi connectivity index (χ4n) is 3.33. The smallest absolute Gasteiger partial charge is 0.224 e. The van der Waals surface area contributed by atoms with Crippen molar-refractivity contribution in [1.82, 2.24) is 5.32 Å². The first-order chi connectivity index (χ1) is 12.2. The van der Waals surface area contributed by atoms with Crippen molar-refractivity contribution in [2.75, 3.05) is 25.5 Å². The zero-order chi connectivity index (χ0) is 17.5. The van der Waals surface area contributed by atoms with E-state index in [0.29, 0.717) is 12.3 Å². The molecule has 1 saturated heterocycles. The Labute approximate surface area is 149 Å². The summed E-state index contributed by atoms with van der Waals surface area (Å²) < 4.78 is 5.47. The molecule has 1 fully saturated rings. The molecule has 0 aliphatic carbocycles. The molecular formula is C21H26N2O2. The van der Waals surface area contributed by atoms with Gasteiger partial charge in [0.15, 0.2) is 0 Å². The number of anilines is 1. The molecule has 2 aromatic carbocycles. The maximum atomic E-state index is 12.2. The van der Waals surface area contributed by atoms with E-state index in [1.54, 1.807) is 7.11 Å². The third kappa shape index (κ3) is 5.07. The second-order valence-electron chi connectivity index (χ2n) is 6.63. The quantitative estimate of drug-likeness (QED) is 0.811. The van der Waals surface area contributed by atoms with Crippen LogP contribution < -0.4 is 15.4 Å². The van der Waals surface area contributed by atoms with Gasteiger partial charge in [-0.05, 0) is 55.6 Å². The molecule has 0 saturated carbocycles. The normalized spacial score (nSPS) is 16.6. The molecule has 0 radical (unpaired) electrons. The van der Waals surface area contributed by atoms with Gasteiger partial charge in [-0.15, -0.1) is 0 Å². The highest BCUT2D eigenvalue weighted by Gasteiger charge is 2.16. The Morgan fingerprint density at radius 3 is 2.80 bits per heavy atom. The average Bonchev–Trinajstić information content (AvgIpc) is 3.15. The lowest BCUT2D eigenvalue weighted by molar-refractivity contribution is -0.116. The van der Waals surface area contributed by atoms with E-state index < -0.39 is 0 Å². The van der Waals surface area contributed by atoms with Gasteiger partial charge in [-0.25, -0.2) is 0 Å². The Balaban J connectivity index is 1.63. The van der Waals surface area contributed by atoms with Crippen LogP contribution in [-0.4, -0.2) is 26.1 Å². The van der Waals surface area contributed by atoms with Crippen molar-refractivity contribution in [3.05, 3.63) is 59.7 Å². The molecular weight excluding hydrogens is 312 g/mol. The summed E-state index contributed by atoms with van der Waals surface area (Å²) in [6, 6.07) is 16.1. The first kappa shape index (κ1) is 17.5. The lowest BCUT2D eigenvalue weighted by Gasteiger charge is -2.13. The first-order valence-electron chi connectivity index (χ1n) is 8.96. The van der Waals surface area contributed by atoms with Gasteiger partial charge in [0.25, 0.3) is 0 Å². The summed E-state index contributed by atoms with van der Waals surface area (Å²) in [5.41, 5.74) is 3.13. The topological polar surface area (TPSA) is 50.4 Å². The molecule has 25 heavy (non-hydrogen) atoms. The number of ether oxygens (including phenoxy) is 1. The summed E-state index contributed by atoms with van der Waals surface area (Å²) >= 11 is 0. The molecule has 1 unspecified atom stereocenters. The Morgan fingerprint density at radius 1 is 1.24 bits per heavy atom. The van der Waals surface area contributed by atoms with Gasteiger partial charge in [0.05, 0.1) is 7.11 Å². The van der Waals surface area contributed by atoms with E-state index in [2.05, 4.69) is 22.8 Å². The molecule has 1 heterocycles. The molecule has 1 amide bonds. The van der Waals surface area contributed by atoms with E-state index in [-0.39, 0.29) is 5.91 Å². The van der Waals surface area contributed by atoms with E-state index in [1.807, 2.05) is 36.4 Å². The summed E-state index contributed by atoms with van der Waals surface area (Å²) in [6.45, 7) is 2.12. The van der Waals surface area contributed by atoms with Crippen molar-refractivity contribution in [3.8, 4) is 5.75 Å². The zero-order valence-electron chi connectivity index (χ0n) is 14.8. The van der Waals surface area contributed by atoms with E-state index in [1.165, 1.54) is 12.0 Å². The largest absolute Gasteiger partial charge is 0.496 e. The van der Waals surface area contributed by atoms with Crippen molar-refractivity contribution >= 4 is 11.6 Å². The summed E-state index contributed by atoms with van der Waals surface area (Å²) in [4.78, 5) is 12.2. The van der Waals surface area contributed by atoms with Crippen molar-refractivity contribution in [1.29, 1.82) is 0 Å². The molecule has 3 rings (SSSR count). The second kappa shape index (κ2) is 8.67. The number of rotatable bonds is 7. The number of carbonyl (C=O) groups is 1. The lowest BCUT2D eigenvalue weighted by atomic mass is 10.0. The fraction of sp³-hybridized carbons (Fsp3) is 0.381. The van der Waals surface area contributed by atoms with Gasteiger partial charge < -0.3 is 15.4 Å². The van der Waals surface area contributed by atoms with Crippen LogP contribution in [0.15, 0.2) is 48.5 Å². The first-order valence-corrected chi connectivity index (χ1v) is 8.96. The van der Waals surface area contributed by atoms with Gasteiger partial charge in [0.2, 0.25) is 5.91 Å². The summed E-state index contributed by atoms with van der Waals surface area (Å²) in [7, 11) is 1.68. The van der Waals surface area contributed by atoms with E-state index in [4.69, 9.17) is 4.74 Å². The van der Waals surface area contributed by atoms with Crippen molar-refractivity contribution in [2.24, 2.45) is 5.92 Å². The predicted octanol–water partition coefficient (Wildman–Crippen LogP) is 3.61. The number of hydrogen-bond donors (Lipinski definition) is 2. The standard InChI is InChI=1S/C21H26N2O2/c1-25-20-9-8-19(14-18(20)13-16-5-3-2-4-6-16)23-21(24)10-7-17-11-12-22-15-17/h2-6,8-9,14,17,22H,7,10-13,15H2,1H3,(H,23,24). The SMILES string of the molecule is COc1ccc(NC(=O)CCC2CCNC2)cc1Cc1ccccc1. The van der Waals surface area contributed by atoms with Crippen molar-refractivity contribution < 1.29 is 9.53 Å². The Hall–Kier alpha value is -2.33. The Bertz CT molecular complexity index is 694. The maximum Gasteiger partial charge on any atom is 0.224 e. The maximum absolute atomic E-state index is 12.2. The van der Waals surface area contributed by atoms with Crippen LogP contribution in [-0.2, 0) is 11.2 Å². The third-order valence-corrected chi connectivity index (χ3v) is 4.74. The number of hydrogen-bond acceptors (Lipinski definition) is 3. The molecule has 2 N–H and O–H groups in total. The van der Waals surface area contributed by atoms with Crippen molar-refractivity contribution in [3.63, 3.8) is 0 Å². The molecule has 4 nitrogen and oxygen atoms in total. The van der Waals surface area contributed by atoms with Gasteiger partial charge in [-0.3, -0.25) is 4.79 Å². The van der Waals surface area contributed by atoms with Crippen LogP contribution in [0.25, 0.3) is 0 Å². The summed E-state index contributed by atoms with van der Waals surface area (Å²) in [5.74, 6) is 1.57. The second-order valence-corrected chi connectivity index (χ2v) is 6.63. The van der Waals surface area contributed by atoms with Crippen LogP contribution in [0, 0.1) is 5.92 Å². The minimum absolute atomic E-state index is 0.0859. The third-order valence-electron chi connectivity index (χ3n) is 4.74. The number of benzene rings is 2. The summed E-state index contributed by atoms with van der Waals surface area (Å²) in [6.07, 6.45) is 3.48. The van der Waals surface area contributed by atoms with Gasteiger partial charge >= 0.3 is 0 Å². The molecule has 4 heteroatoms. The van der Waals surface area contributed by atoms with Crippen LogP contribution in [0.1, 0.15) is 30.4 Å². The Morgan fingerprint density at radius 2 is 2.08 bits per heavy atom. The molecule has 0 aromatic heterocycles. The number of nitrogens with one attached hydrogen (secondary N) is 2. The molecule has 2 aromatic rings. The number of amides is 1. The minimum atomic E-state index is 0.0859. The van der Waals surface area contributed by atoms with Gasteiger partial charge in [-0.2, -0.15) is 0 Å². The summed E-state index contributed by atoms with van der Waals surface area (Å²) in [5, 5.41) is 6.37. The average molecular weight is 338 g/mol. The van der Waals surface area contributed by atoms with Gasteiger partial charge in [0.1, 0.15) is 5.75 Å². The van der Waals surface area contributed by atoms with Crippen LogP contribution in [0.3, 0.4) is 0 Å². The van der Waals surface area contributed by atoms with E-state index in [0.717, 1.165) is 42.9 Å². The van der Waals surface area contributed by atoms with Crippen molar-refractivity contribution in [2.45, 2.75) is 25.7 Å². The molecule has 0 bridgehead atoms. The van der Waals surface area contributed by atoms with Crippen LogP contribution in [0.4, 0.5) is 5.69 Å². The lowest BCUT2D eigenvalue weighted by Crippen LogP contribution is -2.15. The highest BCUT2D eigenvalue weighted by molar-refractivity contribution is 5.90. The minimum Gasteiger partial charge on any atom is -0.496 e. The Kier molecular flexibility index (Phi) is 6.07. The van der Waals surface area contributed by atoms with Gasteiger partial charge in [-0.1, -0.05) is 30.3 Å². The van der Waals surface area contributed by atoms with Gasteiger partial charge in [0, 0.05) is 24.1 Å². The fourth-order valence-corrected chi connectivity index (χ4v) is 3.33. The number of methoxy groups -OCH3 is 1. The highest BCUT2D eigenvalue weighted by Crippen LogP contribution is 2.25. The van der Waals surface area contributed by atoms with Crippen LogP contribution >= 0.6 is 0 Å². The molecule has 132 valence electrons.